The van der Waals surface area contributed by atoms with Gasteiger partial charge in [0.05, 0.1) is 10.0 Å². The monoisotopic (exact) mass is 301 g/mol. The van der Waals surface area contributed by atoms with Crippen LogP contribution in [0.5, 0.6) is 0 Å². The summed E-state index contributed by atoms with van der Waals surface area (Å²) in [7, 11) is 1.73. The summed E-state index contributed by atoms with van der Waals surface area (Å²) >= 11 is 12.1. The Morgan fingerprint density at radius 1 is 1.32 bits per heavy atom. The van der Waals surface area contributed by atoms with Gasteiger partial charge < -0.3 is 10.5 Å². The maximum Gasteiger partial charge on any atom is 0.0595 e. The highest BCUT2D eigenvalue weighted by molar-refractivity contribution is 6.42. The van der Waals surface area contributed by atoms with E-state index in [4.69, 9.17) is 33.7 Å². The molecule has 0 bridgehead atoms. The normalized spacial score (nSPS) is 18.9. The van der Waals surface area contributed by atoms with Crippen LogP contribution >= 0.6 is 23.2 Å². The maximum absolute atomic E-state index is 6.44. The molecule has 0 amide bonds. The summed E-state index contributed by atoms with van der Waals surface area (Å²) in [5, 5.41) is 1.22. The highest BCUT2D eigenvalue weighted by Gasteiger charge is 2.43. The summed E-state index contributed by atoms with van der Waals surface area (Å²) in [6.07, 6.45) is 5.49. The molecule has 1 aromatic rings. The van der Waals surface area contributed by atoms with Gasteiger partial charge in [0.25, 0.3) is 0 Å². The Bertz CT molecular complexity index is 432. The molecule has 106 valence electrons. The van der Waals surface area contributed by atoms with Crippen molar-refractivity contribution in [2.24, 2.45) is 5.73 Å². The summed E-state index contributed by atoms with van der Waals surface area (Å²) in [5.41, 5.74) is 7.76. The van der Waals surface area contributed by atoms with Gasteiger partial charge in [-0.1, -0.05) is 35.7 Å². The van der Waals surface area contributed by atoms with Crippen LogP contribution in [0.25, 0.3) is 0 Å². The molecule has 2 rings (SSSR count). The summed E-state index contributed by atoms with van der Waals surface area (Å²) in [5.74, 6) is 0. The molecule has 1 atom stereocenters. The average molecular weight is 302 g/mol. The first-order valence-corrected chi connectivity index (χ1v) is 7.56. The van der Waals surface area contributed by atoms with E-state index in [0.717, 1.165) is 32.3 Å². The number of hydrogen-bond donors (Lipinski definition) is 1. The molecule has 0 heterocycles. The number of hydrogen-bond acceptors (Lipinski definition) is 2. The van der Waals surface area contributed by atoms with Crippen LogP contribution in [0.4, 0.5) is 0 Å². The summed E-state index contributed by atoms with van der Waals surface area (Å²) < 4.78 is 5.10. The first-order chi connectivity index (χ1) is 9.10. The van der Waals surface area contributed by atoms with Gasteiger partial charge >= 0.3 is 0 Å². The molecule has 0 radical (unpaired) electrons. The molecule has 1 unspecified atom stereocenters. The summed E-state index contributed by atoms with van der Waals surface area (Å²) in [6, 6.07) is 6.10. The molecule has 0 aliphatic heterocycles. The Morgan fingerprint density at radius 3 is 2.58 bits per heavy atom. The van der Waals surface area contributed by atoms with Gasteiger partial charge in [-0.15, -0.1) is 0 Å². The molecule has 2 nitrogen and oxygen atoms in total. The lowest BCUT2D eigenvalue weighted by atomic mass is 9.59. The average Bonchev–Trinajstić information content (AvgIpc) is 2.32. The van der Waals surface area contributed by atoms with Gasteiger partial charge in [0, 0.05) is 25.2 Å². The second-order valence-electron chi connectivity index (χ2n) is 5.38. The number of nitrogens with two attached hydrogens (primary N) is 1. The van der Waals surface area contributed by atoms with Crippen LogP contribution in [0.3, 0.4) is 0 Å². The van der Waals surface area contributed by atoms with E-state index in [-0.39, 0.29) is 11.5 Å². The smallest absolute Gasteiger partial charge is 0.0595 e. The molecule has 0 saturated heterocycles. The third-order valence-electron chi connectivity index (χ3n) is 4.31. The molecule has 0 spiro atoms. The van der Waals surface area contributed by atoms with E-state index >= 15 is 0 Å². The molecule has 1 fully saturated rings. The predicted octanol–water partition coefficient (Wildman–Crippen LogP) is 4.17. The number of ether oxygens (including phenoxy) is 1. The van der Waals surface area contributed by atoms with Crippen LogP contribution in [-0.2, 0) is 10.2 Å². The van der Waals surface area contributed by atoms with E-state index < -0.39 is 0 Å². The Balaban J connectivity index is 2.14. The minimum atomic E-state index is 0.0853. The van der Waals surface area contributed by atoms with Gasteiger partial charge in [-0.2, -0.15) is 0 Å². The second kappa shape index (κ2) is 6.45. The standard InChI is InChI=1S/C15H21Cl2NO/c1-19-9-2-4-14(18)15(7-3-8-15)11-5-6-12(16)13(17)10-11/h5-6,10,14H,2-4,7-9,18H2,1H3. The van der Waals surface area contributed by atoms with E-state index in [1.165, 1.54) is 12.0 Å². The van der Waals surface area contributed by atoms with Crippen molar-refractivity contribution in [2.45, 2.75) is 43.6 Å². The van der Waals surface area contributed by atoms with Crippen molar-refractivity contribution in [3.63, 3.8) is 0 Å². The van der Waals surface area contributed by atoms with Crippen LogP contribution in [0, 0.1) is 0 Å². The number of benzene rings is 1. The fourth-order valence-electron chi connectivity index (χ4n) is 2.96. The van der Waals surface area contributed by atoms with Gasteiger partial charge in [-0.25, -0.2) is 0 Å². The van der Waals surface area contributed by atoms with Crippen molar-refractivity contribution in [3.8, 4) is 0 Å². The lowest BCUT2D eigenvalue weighted by molar-refractivity contribution is 0.159. The van der Waals surface area contributed by atoms with Gasteiger partial charge in [0.1, 0.15) is 0 Å². The fourth-order valence-corrected chi connectivity index (χ4v) is 3.26. The minimum absolute atomic E-state index is 0.0853. The first kappa shape index (κ1) is 15.1. The molecule has 0 aromatic heterocycles. The quantitative estimate of drug-likeness (QED) is 0.800. The molecule has 19 heavy (non-hydrogen) atoms. The molecule has 1 aliphatic carbocycles. The van der Waals surface area contributed by atoms with E-state index in [0.29, 0.717) is 10.0 Å². The summed E-state index contributed by atoms with van der Waals surface area (Å²) in [6.45, 7) is 0.769. The van der Waals surface area contributed by atoms with E-state index in [2.05, 4.69) is 6.07 Å². The number of methoxy groups -OCH3 is 1. The lowest BCUT2D eigenvalue weighted by Gasteiger charge is -2.47. The SMILES string of the molecule is COCCCC(N)C1(c2ccc(Cl)c(Cl)c2)CCC1. The van der Waals surface area contributed by atoms with Crippen molar-refractivity contribution < 1.29 is 4.74 Å². The third kappa shape index (κ3) is 3.08. The molecular weight excluding hydrogens is 281 g/mol. The largest absolute Gasteiger partial charge is 0.385 e. The first-order valence-electron chi connectivity index (χ1n) is 6.80. The summed E-state index contributed by atoms with van der Waals surface area (Å²) in [4.78, 5) is 0. The van der Waals surface area contributed by atoms with Crippen LogP contribution in [0.15, 0.2) is 18.2 Å². The van der Waals surface area contributed by atoms with Crippen molar-refractivity contribution >= 4 is 23.2 Å². The third-order valence-corrected chi connectivity index (χ3v) is 5.05. The van der Waals surface area contributed by atoms with Crippen molar-refractivity contribution in [3.05, 3.63) is 33.8 Å². The van der Waals surface area contributed by atoms with Crippen molar-refractivity contribution in [2.75, 3.05) is 13.7 Å². The Kier molecular flexibility index (Phi) is 5.13. The molecule has 1 aromatic carbocycles. The molecule has 2 N–H and O–H groups in total. The van der Waals surface area contributed by atoms with Crippen LogP contribution < -0.4 is 5.73 Å². The number of halogens is 2. The van der Waals surface area contributed by atoms with Gasteiger partial charge in [0.15, 0.2) is 0 Å². The molecule has 4 heteroatoms. The number of rotatable bonds is 6. The Labute approximate surface area is 125 Å². The van der Waals surface area contributed by atoms with Crippen molar-refractivity contribution in [1.82, 2.24) is 0 Å². The van der Waals surface area contributed by atoms with Gasteiger partial charge in [-0.05, 0) is 43.4 Å². The van der Waals surface area contributed by atoms with E-state index in [1.807, 2.05) is 12.1 Å². The Morgan fingerprint density at radius 2 is 2.05 bits per heavy atom. The zero-order valence-corrected chi connectivity index (χ0v) is 12.8. The highest BCUT2D eigenvalue weighted by Crippen LogP contribution is 2.47. The molecule has 1 aliphatic rings. The highest BCUT2D eigenvalue weighted by atomic mass is 35.5. The Hall–Kier alpha value is -0.280. The van der Waals surface area contributed by atoms with E-state index in [9.17, 15) is 0 Å². The van der Waals surface area contributed by atoms with Crippen LogP contribution in [0.2, 0.25) is 10.0 Å². The minimum Gasteiger partial charge on any atom is -0.385 e. The molecule has 1 saturated carbocycles. The van der Waals surface area contributed by atoms with Crippen LogP contribution in [-0.4, -0.2) is 19.8 Å². The van der Waals surface area contributed by atoms with Crippen LogP contribution in [0.1, 0.15) is 37.7 Å². The lowest BCUT2D eigenvalue weighted by Crippen LogP contribution is -2.50. The molecular formula is C15H21Cl2NO. The fraction of sp³-hybridized carbons (Fsp3) is 0.600. The van der Waals surface area contributed by atoms with Gasteiger partial charge in [-0.3, -0.25) is 0 Å². The maximum atomic E-state index is 6.44. The zero-order valence-electron chi connectivity index (χ0n) is 11.3. The predicted molar refractivity (Wildman–Crippen MR) is 81.1 cm³/mol. The van der Waals surface area contributed by atoms with Gasteiger partial charge in [0.2, 0.25) is 0 Å². The van der Waals surface area contributed by atoms with E-state index in [1.54, 1.807) is 7.11 Å². The topological polar surface area (TPSA) is 35.2 Å². The second-order valence-corrected chi connectivity index (χ2v) is 6.19. The van der Waals surface area contributed by atoms with Crippen molar-refractivity contribution in [1.29, 1.82) is 0 Å². The zero-order chi connectivity index (χ0) is 13.9.